The van der Waals surface area contributed by atoms with Gasteiger partial charge < -0.3 is 30.6 Å². The lowest BCUT2D eigenvalue weighted by Crippen LogP contribution is -2.63. The van der Waals surface area contributed by atoms with Crippen molar-refractivity contribution in [1.29, 1.82) is 0 Å². The summed E-state index contributed by atoms with van der Waals surface area (Å²) in [6, 6.07) is 2.13. The van der Waals surface area contributed by atoms with Crippen LogP contribution in [0.25, 0.3) is 0 Å². The molecule has 1 aromatic carbocycles. The molecule has 0 heterocycles. The Morgan fingerprint density at radius 3 is 2.32 bits per heavy atom. The zero-order valence-electron chi connectivity index (χ0n) is 19.7. The SMILES string of the molecule is CNC(=O)C1=C(O)[C@@H](N(C)C)[C@@H]2C[C@@H]3Cc4c(N(C)C)ccc(O)c4C(=O)C3=C(O)[C@]2(O)C1=O. The Morgan fingerprint density at radius 1 is 1.12 bits per heavy atom. The first-order valence-corrected chi connectivity index (χ1v) is 11.0. The fourth-order valence-electron chi connectivity index (χ4n) is 5.76. The van der Waals surface area contributed by atoms with Gasteiger partial charge >= 0.3 is 0 Å². The van der Waals surface area contributed by atoms with Gasteiger partial charge in [0.15, 0.2) is 11.4 Å². The Balaban J connectivity index is 1.97. The summed E-state index contributed by atoms with van der Waals surface area (Å²) in [7, 11) is 8.14. The Labute approximate surface area is 196 Å². The number of allylic oxidation sites excluding steroid dienone is 1. The molecule has 0 radical (unpaired) electrons. The summed E-state index contributed by atoms with van der Waals surface area (Å²) in [5, 5.41) is 46.6. The number of anilines is 1. The maximum absolute atomic E-state index is 13.6. The summed E-state index contributed by atoms with van der Waals surface area (Å²) in [6.45, 7) is 0. The van der Waals surface area contributed by atoms with Crippen LogP contribution >= 0.6 is 0 Å². The van der Waals surface area contributed by atoms with Crippen molar-refractivity contribution in [3.63, 3.8) is 0 Å². The van der Waals surface area contributed by atoms with Crippen LogP contribution in [-0.4, -0.2) is 89.7 Å². The number of likely N-dealkylation sites (N-methyl/N-ethyl adjacent to an activating group) is 2. The highest BCUT2D eigenvalue weighted by molar-refractivity contribution is 6.25. The predicted octanol–water partition coefficient (Wildman–Crippen LogP) is 0.447. The van der Waals surface area contributed by atoms with Crippen LogP contribution < -0.4 is 10.2 Å². The number of carbonyl (C=O) groups excluding carboxylic acids is 3. The van der Waals surface area contributed by atoms with Gasteiger partial charge in [-0.05, 0) is 50.6 Å². The Hall–Kier alpha value is -3.37. The maximum atomic E-state index is 13.6. The Morgan fingerprint density at radius 2 is 1.76 bits per heavy atom. The number of carbonyl (C=O) groups is 3. The van der Waals surface area contributed by atoms with E-state index in [1.165, 1.54) is 13.1 Å². The van der Waals surface area contributed by atoms with E-state index in [2.05, 4.69) is 5.32 Å². The molecule has 3 aliphatic carbocycles. The third-order valence-corrected chi connectivity index (χ3v) is 7.27. The van der Waals surface area contributed by atoms with E-state index in [9.17, 15) is 34.8 Å². The van der Waals surface area contributed by atoms with Gasteiger partial charge in [-0.2, -0.15) is 0 Å². The van der Waals surface area contributed by atoms with Gasteiger partial charge in [0.05, 0.1) is 11.6 Å². The van der Waals surface area contributed by atoms with Crippen LogP contribution in [0.15, 0.2) is 34.8 Å². The number of aliphatic hydroxyl groups is 3. The number of rotatable bonds is 3. The quantitative estimate of drug-likeness (QED) is 0.396. The standard InChI is InChI=1S/C24H29N3O7/c1-25-23(33)17-20(30)18(27(4)5)12-9-10-8-11-13(26(2)3)6-7-14(28)16(11)19(29)15(10)21(31)24(12,34)22(17)32/h6-7,10,12,18,28,30-31,34H,8-9H2,1-5H3,(H,25,33)/t10-,12-,18-,24-/m0/s1. The number of aromatic hydroxyl groups is 1. The monoisotopic (exact) mass is 471 g/mol. The van der Waals surface area contributed by atoms with E-state index in [-0.39, 0.29) is 29.7 Å². The lowest BCUT2D eigenvalue weighted by Gasteiger charge is -2.50. The summed E-state index contributed by atoms with van der Waals surface area (Å²) in [5.74, 6) is -5.92. The minimum atomic E-state index is -2.59. The van der Waals surface area contributed by atoms with Crippen molar-refractivity contribution >= 4 is 23.2 Å². The smallest absolute Gasteiger partial charge is 0.258 e. The second-order valence-corrected chi connectivity index (χ2v) is 9.53. The van der Waals surface area contributed by atoms with Gasteiger partial charge in [-0.15, -0.1) is 0 Å². The van der Waals surface area contributed by atoms with Crippen LogP contribution in [0.1, 0.15) is 22.3 Å². The van der Waals surface area contributed by atoms with Crippen molar-refractivity contribution in [3.05, 3.63) is 45.9 Å². The Bertz CT molecular complexity index is 1180. The highest BCUT2D eigenvalue weighted by Gasteiger charge is 2.63. The van der Waals surface area contributed by atoms with E-state index in [4.69, 9.17) is 0 Å². The molecule has 10 heteroatoms. The molecule has 3 aliphatic rings. The molecule has 0 fully saturated rings. The molecule has 0 bridgehead atoms. The minimum absolute atomic E-state index is 0.0170. The molecule has 4 rings (SSSR count). The average molecular weight is 472 g/mol. The average Bonchev–Trinajstić information content (AvgIpc) is 2.75. The van der Waals surface area contributed by atoms with Crippen molar-refractivity contribution in [2.75, 3.05) is 40.1 Å². The fraction of sp³-hybridized carbons (Fsp3) is 0.458. The molecule has 0 aliphatic heterocycles. The Kier molecular flexibility index (Phi) is 5.49. The molecule has 5 N–H and O–H groups in total. The van der Waals surface area contributed by atoms with E-state index in [1.807, 2.05) is 19.0 Å². The zero-order chi connectivity index (χ0) is 25.3. The van der Waals surface area contributed by atoms with Crippen molar-refractivity contribution in [2.24, 2.45) is 11.8 Å². The molecule has 1 amide bonds. The van der Waals surface area contributed by atoms with Crippen LogP contribution in [0.5, 0.6) is 5.75 Å². The van der Waals surface area contributed by atoms with Crippen molar-refractivity contribution in [2.45, 2.75) is 24.5 Å². The molecule has 1 aromatic rings. The van der Waals surface area contributed by atoms with E-state index in [0.717, 1.165) is 5.69 Å². The van der Waals surface area contributed by atoms with Gasteiger partial charge in [0.1, 0.15) is 22.8 Å². The van der Waals surface area contributed by atoms with Crippen LogP contribution in [0.2, 0.25) is 0 Å². The number of amides is 1. The lowest BCUT2D eigenvalue weighted by molar-refractivity contribution is -0.148. The lowest BCUT2D eigenvalue weighted by atomic mass is 9.58. The number of hydrogen-bond donors (Lipinski definition) is 5. The number of phenols is 1. The summed E-state index contributed by atoms with van der Waals surface area (Å²) in [6.07, 6.45) is 0.360. The van der Waals surface area contributed by atoms with Crippen LogP contribution in [0.3, 0.4) is 0 Å². The van der Waals surface area contributed by atoms with E-state index >= 15 is 0 Å². The van der Waals surface area contributed by atoms with Gasteiger partial charge in [-0.1, -0.05) is 0 Å². The van der Waals surface area contributed by atoms with E-state index < -0.39 is 58.0 Å². The van der Waals surface area contributed by atoms with E-state index in [1.54, 1.807) is 25.1 Å². The van der Waals surface area contributed by atoms with Gasteiger partial charge in [0.25, 0.3) is 5.91 Å². The second kappa shape index (κ2) is 7.85. The van der Waals surface area contributed by atoms with Crippen LogP contribution in [0, 0.1) is 11.8 Å². The number of hydrogen-bond acceptors (Lipinski definition) is 9. The molecule has 0 unspecified atom stereocenters. The molecular formula is C24H29N3O7. The third-order valence-electron chi connectivity index (χ3n) is 7.27. The molecule has 0 spiro atoms. The second-order valence-electron chi connectivity index (χ2n) is 9.53. The van der Waals surface area contributed by atoms with Gasteiger partial charge in [0, 0.05) is 38.3 Å². The first-order valence-electron chi connectivity index (χ1n) is 11.0. The largest absolute Gasteiger partial charge is 0.510 e. The third kappa shape index (κ3) is 2.98. The normalized spacial score (nSPS) is 28.5. The maximum Gasteiger partial charge on any atom is 0.258 e. The minimum Gasteiger partial charge on any atom is -0.510 e. The molecule has 182 valence electrons. The first kappa shape index (κ1) is 23.8. The van der Waals surface area contributed by atoms with Gasteiger partial charge in [-0.3, -0.25) is 19.3 Å². The molecule has 34 heavy (non-hydrogen) atoms. The topological polar surface area (TPSA) is 151 Å². The van der Waals surface area contributed by atoms with Gasteiger partial charge in [0.2, 0.25) is 5.78 Å². The fourth-order valence-corrected chi connectivity index (χ4v) is 5.76. The molecule has 10 nitrogen and oxygen atoms in total. The number of ketones is 2. The molecule has 4 atom stereocenters. The van der Waals surface area contributed by atoms with Crippen molar-refractivity contribution < 1.29 is 34.8 Å². The van der Waals surface area contributed by atoms with Crippen molar-refractivity contribution in [3.8, 4) is 5.75 Å². The highest BCUT2D eigenvalue weighted by atomic mass is 16.3. The number of aliphatic hydroxyl groups excluding tert-OH is 2. The molecule has 0 saturated heterocycles. The predicted molar refractivity (Wildman–Crippen MR) is 123 cm³/mol. The molecule has 0 saturated carbocycles. The molecular weight excluding hydrogens is 442 g/mol. The number of Topliss-reactive ketones (excluding diaryl/α,β-unsaturated/α-hetero) is 2. The summed E-state index contributed by atoms with van der Waals surface area (Å²) in [4.78, 5) is 42.8. The van der Waals surface area contributed by atoms with Gasteiger partial charge in [-0.25, -0.2) is 0 Å². The number of nitrogens with zero attached hydrogens (tertiary/aromatic N) is 2. The van der Waals surface area contributed by atoms with Crippen LogP contribution in [-0.2, 0) is 16.0 Å². The van der Waals surface area contributed by atoms with Crippen LogP contribution in [0.4, 0.5) is 5.69 Å². The highest BCUT2D eigenvalue weighted by Crippen LogP contribution is 2.53. The molecule has 0 aromatic heterocycles. The number of benzene rings is 1. The summed E-state index contributed by atoms with van der Waals surface area (Å²) >= 11 is 0. The van der Waals surface area contributed by atoms with E-state index in [0.29, 0.717) is 5.56 Å². The van der Waals surface area contributed by atoms with Crippen molar-refractivity contribution in [1.82, 2.24) is 10.2 Å². The zero-order valence-corrected chi connectivity index (χ0v) is 19.7. The first-order chi connectivity index (χ1) is 15.9. The summed E-state index contributed by atoms with van der Waals surface area (Å²) in [5.41, 5.74) is -2.04. The number of nitrogens with one attached hydrogen (secondary N) is 1. The number of phenolic OH excluding ortho intramolecular Hbond substituents is 1. The summed E-state index contributed by atoms with van der Waals surface area (Å²) < 4.78 is 0. The number of fused-ring (bicyclic) bond motifs is 3.